The summed E-state index contributed by atoms with van der Waals surface area (Å²) >= 11 is 0.727. The lowest BCUT2D eigenvalue weighted by molar-refractivity contribution is -0.255. The largest absolute Gasteiger partial charge is 0.465 e. The van der Waals surface area contributed by atoms with E-state index in [2.05, 4.69) is 0 Å². The molecule has 2 heterocycles. The van der Waals surface area contributed by atoms with E-state index in [1.807, 2.05) is 0 Å². The summed E-state index contributed by atoms with van der Waals surface area (Å²) in [6.07, 6.45) is -3.85. The predicted octanol–water partition coefficient (Wildman–Crippen LogP) is 0.732. The van der Waals surface area contributed by atoms with Crippen LogP contribution < -0.4 is 0 Å². The molecule has 0 amide bonds. The molecule has 0 unspecified atom stereocenters. The number of fused-ring (bicyclic) bond motifs is 1. The van der Waals surface area contributed by atoms with E-state index >= 15 is 0 Å². The number of hydrogen-bond acceptors (Lipinski definition) is 8. The molecule has 0 aliphatic carbocycles. The molecular weight excluding hydrogens is 319 g/mol. The van der Waals surface area contributed by atoms with Gasteiger partial charge in [0.05, 0.1) is 5.25 Å². The maximum atomic E-state index is 14.8. The maximum absolute atomic E-state index is 14.8. The molecule has 2 aliphatic rings. The summed E-state index contributed by atoms with van der Waals surface area (Å²) in [7, 11) is 0. The normalized spacial score (nSPS) is 37.6. The molecule has 1 N–H and O–H groups in total. The zero-order valence-electron chi connectivity index (χ0n) is 12.7. The van der Waals surface area contributed by atoms with Gasteiger partial charge in [-0.25, -0.2) is 4.39 Å². The molecule has 0 aromatic rings. The van der Waals surface area contributed by atoms with E-state index in [0.29, 0.717) is 0 Å². The van der Waals surface area contributed by atoms with Crippen LogP contribution in [0.15, 0.2) is 0 Å². The summed E-state index contributed by atoms with van der Waals surface area (Å²) in [5, 5.41) is 8.90. The van der Waals surface area contributed by atoms with Crippen molar-refractivity contribution in [1.29, 1.82) is 0 Å². The lowest BCUT2D eigenvalue weighted by atomic mass is 10.1. The zero-order valence-corrected chi connectivity index (χ0v) is 13.5. The lowest BCUT2D eigenvalue weighted by Crippen LogP contribution is -2.50. The van der Waals surface area contributed by atoms with Crippen LogP contribution in [0.4, 0.5) is 4.39 Å². The first-order valence-corrected chi connectivity index (χ1v) is 7.64. The van der Waals surface area contributed by atoms with E-state index in [1.165, 1.54) is 13.8 Å². The second-order valence-corrected chi connectivity index (χ2v) is 7.08. The standard InChI is InChI=1S/C13H19FO7S/c1-6(15)18-5-8(22-7(2)16)9-13(14,17)10-11(19-9)21-12(3,4)20-10/h8-11,17H,5H2,1-4H3/t8-,9-,10+,11-,13+/m1/s1. The van der Waals surface area contributed by atoms with Crippen LogP contribution in [0.25, 0.3) is 0 Å². The second kappa shape index (κ2) is 6.04. The Balaban J connectivity index is 2.15. The van der Waals surface area contributed by atoms with Gasteiger partial charge in [0.2, 0.25) is 0 Å². The smallest absolute Gasteiger partial charge is 0.302 e. The van der Waals surface area contributed by atoms with Crippen molar-refractivity contribution in [1.82, 2.24) is 0 Å². The minimum atomic E-state index is -2.87. The highest BCUT2D eigenvalue weighted by Crippen LogP contribution is 2.46. The van der Waals surface area contributed by atoms with E-state index in [-0.39, 0.29) is 11.7 Å². The first-order chi connectivity index (χ1) is 10.0. The number of carbonyl (C=O) groups excluding carboxylic acids is 2. The Morgan fingerprint density at radius 2 is 2.00 bits per heavy atom. The van der Waals surface area contributed by atoms with Gasteiger partial charge in [-0.05, 0) is 13.8 Å². The molecule has 0 aromatic heterocycles. The minimum absolute atomic E-state index is 0.278. The van der Waals surface area contributed by atoms with Crippen LogP contribution in [0.5, 0.6) is 0 Å². The molecule has 126 valence electrons. The molecule has 0 saturated carbocycles. The van der Waals surface area contributed by atoms with Crippen LogP contribution >= 0.6 is 11.8 Å². The van der Waals surface area contributed by atoms with Gasteiger partial charge in [0, 0.05) is 13.8 Å². The SMILES string of the molecule is CC(=O)OC[C@@H](SC(C)=O)[C@H]1O[C@@H]2OC(C)(C)O[C@@H]2[C@]1(O)F. The average Bonchev–Trinajstić information content (AvgIpc) is 2.77. The summed E-state index contributed by atoms with van der Waals surface area (Å²) in [5.74, 6) is -4.53. The fraction of sp³-hybridized carbons (Fsp3) is 0.846. The molecule has 2 saturated heterocycles. The van der Waals surface area contributed by atoms with Crippen molar-refractivity contribution in [2.24, 2.45) is 0 Å². The number of alkyl halides is 1. The molecule has 9 heteroatoms. The third-order valence-electron chi connectivity index (χ3n) is 3.24. The zero-order chi connectivity index (χ0) is 16.7. The molecule has 0 spiro atoms. The Morgan fingerprint density at radius 1 is 1.36 bits per heavy atom. The Labute approximate surface area is 131 Å². The Bertz CT molecular complexity index is 467. The van der Waals surface area contributed by atoms with Crippen LogP contribution in [0.2, 0.25) is 0 Å². The van der Waals surface area contributed by atoms with Crippen molar-refractivity contribution >= 4 is 22.8 Å². The third-order valence-corrected chi connectivity index (χ3v) is 4.26. The van der Waals surface area contributed by atoms with Gasteiger partial charge >= 0.3 is 5.97 Å². The quantitative estimate of drug-likeness (QED) is 0.750. The van der Waals surface area contributed by atoms with Crippen molar-refractivity contribution in [3.05, 3.63) is 0 Å². The summed E-state index contributed by atoms with van der Waals surface area (Å²) in [5.41, 5.74) is 0. The molecule has 0 aromatic carbocycles. The van der Waals surface area contributed by atoms with Gasteiger partial charge in [0.25, 0.3) is 5.85 Å². The van der Waals surface area contributed by atoms with Crippen LogP contribution in [0.3, 0.4) is 0 Å². The molecule has 22 heavy (non-hydrogen) atoms. The van der Waals surface area contributed by atoms with Crippen molar-refractivity contribution in [2.45, 2.75) is 63.1 Å². The van der Waals surface area contributed by atoms with Crippen LogP contribution in [0.1, 0.15) is 27.7 Å². The van der Waals surface area contributed by atoms with Crippen LogP contribution in [-0.4, -0.2) is 58.2 Å². The molecule has 2 aliphatic heterocycles. The van der Waals surface area contributed by atoms with Gasteiger partial charge in [0.15, 0.2) is 23.3 Å². The molecule has 5 atom stereocenters. The van der Waals surface area contributed by atoms with Gasteiger partial charge in [-0.1, -0.05) is 11.8 Å². The lowest BCUT2D eigenvalue weighted by Gasteiger charge is -2.30. The van der Waals surface area contributed by atoms with E-state index in [0.717, 1.165) is 11.8 Å². The topological polar surface area (TPSA) is 91.3 Å². The van der Waals surface area contributed by atoms with Crippen molar-refractivity contribution < 1.29 is 38.0 Å². The Morgan fingerprint density at radius 3 is 2.50 bits per heavy atom. The number of esters is 1. The Hall–Kier alpha value is -0.740. The van der Waals surface area contributed by atoms with Gasteiger partial charge in [-0.2, -0.15) is 0 Å². The molecule has 2 fully saturated rings. The first kappa shape index (κ1) is 17.6. The highest BCUT2D eigenvalue weighted by molar-refractivity contribution is 8.14. The predicted molar refractivity (Wildman–Crippen MR) is 73.4 cm³/mol. The fourth-order valence-electron chi connectivity index (χ4n) is 2.45. The van der Waals surface area contributed by atoms with Gasteiger partial charge in [0.1, 0.15) is 12.7 Å². The molecule has 0 bridgehead atoms. The minimum Gasteiger partial charge on any atom is -0.465 e. The number of rotatable bonds is 4. The van der Waals surface area contributed by atoms with Crippen LogP contribution in [-0.2, 0) is 28.5 Å². The maximum Gasteiger partial charge on any atom is 0.302 e. The van der Waals surface area contributed by atoms with Crippen molar-refractivity contribution in [3.8, 4) is 0 Å². The van der Waals surface area contributed by atoms with Gasteiger partial charge < -0.3 is 24.1 Å². The first-order valence-electron chi connectivity index (χ1n) is 6.76. The number of halogens is 1. The highest BCUT2D eigenvalue weighted by atomic mass is 32.2. The third kappa shape index (κ3) is 3.60. The van der Waals surface area contributed by atoms with Crippen molar-refractivity contribution in [3.63, 3.8) is 0 Å². The molecular formula is C13H19FO7S. The Kier molecular flexibility index (Phi) is 4.84. The summed E-state index contributed by atoms with van der Waals surface area (Å²) in [6.45, 7) is 5.34. The summed E-state index contributed by atoms with van der Waals surface area (Å²) < 4.78 is 35.7. The van der Waals surface area contributed by atoms with E-state index in [9.17, 15) is 19.1 Å². The number of aliphatic hydroxyl groups is 1. The van der Waals surface area contributed by atoms with Gasteiger partial charge in [-0.3, -0.25) is 9.59 Å². The summed E-state index contributed by atoms with van der Waals surface area (Å²) in [4.78, 5) is 22.2. The molecule has 2 rings (SSSR count). The average molecular weight is 338 g/mol. The second-order valence-electron chi connectivity index (χ2n) is 5.66. The summed E-state index contributed by atoms with van der Waals surface area (Å²) in [6, 6.07) is 0. The fourth-order valence-corrected chi connectivity index (χ4v) is 3.39. The van der Waals surface area contributed by atoms with E-state index < -0.39 is 41.4 Å². The van der Waals surface area contributed by atoms with E-state index in [1.54, 1.807) is 13.8 Å². The number of carbonyl (C=O) groups is 2. The highest BCUT2D eigenvalue weighted by Gasteiger charge is 2.66. The van der Waals surface area contributed by atoms with Gasteiger partial charge in [-0.15, -0.1) is 0 Å². The number of hydrogen-bond donors (Lipinski definition) is 1. The van der Waals surface area contributed by atoms with Crippen molar-refractivity contribution in [2.75, 3.05) is 6.61 Å². The molecule has 7 nitrogen and oxygen atoms in total. The number of thioether (sulfide) groups is 1. The van der Waals surface area contributed by atoms with Crippen LogP contribution in [0, 0.1) is 0 Å². The number of ether oxygens (including phenoxy) is 4. The monoisotopic (exact) mass is 338 g/mol. The van der Waals surface area contributed by atoms with E-state index in [4.69, 9.17) is 18.9 Å². The molecule has 0 radical (unpaired) electrons.